The van der Waals surface area contributed by atoms with Crippen molar-refractivity contribution in [3.05, 3.63) is 34.9 Å². The van der Waals surface area contributed by atoms with Crippen molar-refractivity contribution in [1.29, 1.82) is 0 Å². The second kappa shape index (κ2) is 6.57. The Morgan fingerprint density at radius 1 is 1.32 bits per heavy atom. The molecule has 1 spiro atoms. The van der Waals surface area contributed by atoms with Gasteiger partial charge in [-0.3, -0.25) is 4.79 Å². The molecule has 3 rings (SSSR count). The van der Waals surface area contributed by atoms with Crippen LogP contribution >= 0.6 is 11.6 Å². The molecule has 1 unspecified atom stereocenters. The predicted molar refractivity (Wildman–Crippen MR) is 84.9 cm³/mol. The van der Waals surface area contributed by atoms with Crippen molar-refractivity contribution in [2.24, 2.45) is 0 Å². The fourth-order valence-electron chi connectivity index (χ4n) is 3.40. The Morgan fingerprint density at radius 3 is 2.64 bits per heavy atom. The van der Waals surface area contributed by atoms with Gasteiger partial charge in [0.2, 0.25) is 5.91 Å². The first-order valence-electron chi connectivity index (χ1n) is 7.91. The van der Waals surface area contributed by atoms with E-state index in [-0.39, 0.29) is 17.6 Å². The van der Waals surface area contributed by atoms with Crippen LogP contribution in [0.25, 0.3) is 0 Å². The minimum absolute atomic E-state index is 0.147. The number of piperidine rings is 1. The van der Waals surface area contributed by atoms with Crippen LogP contribution in [0.3, 0.4) is 0 Å². The largest absolute Gasteiger partial charge is 0.393 e. The normalized spacial score (nSPS) is 24.5. The van der Waals surface area contributed by atoms with Crippen LogP contribution in [-0.2, 0) is 16.0 Å². The maximum absolute atomic E-state index is 12.4. The van der Waals surface area contributed by atoms with Gasteiger partial charge >= 0.3 is 0 Å². The van der Waals surface area contributed by atoms with E-state index in [1.54, 1.807) is 0 Å². The minimum Gasteiger partial charge on any atom is -0.393 e. The highest BCUT2D eigenvalue weighted by atomic mass is 35.5. The van der Waals surface area contributed by atoms with Crippen LogP contribution in [0.5, 0.6) is 0 Å². The van der Waals surface area contributed by atoms with E-state index in [9.17, 15) is 9.90 Å². The summed E-state index contributed by atoms with van der Waals surface area (Å²) in [4.78, 5) is 14.3. The van der Waals surface area contributed by atoms with Gasteiger partial charge < -0.3 is 14.7 Å². The fourth-order valence-corrected chi connectivity index (χ4v) is 3.53. The molecule has 1 atom stereocenters. The van der Waals surface area contributed by atoms with E-state index in [4.69, 9.17) is 16.3 Å². The van der Waals surface area contributed by atoms with E-state index in [2.05, 4.69) is 0 Å². The number of nitrogens with zero attached hydrogens (tertiary/aromatic N) is 1. The molecular formula is C17H22ClNO3. The number of ether oxygens (including phenoxy) is 1. The summed E-state index contributed by atoms with van der Waals surface area (Å²) in [6.07, 6.45) is 3.21. The van der Waals surface area contributed by atoms with Gasteiger partial charge in [0, 0.05) is 31.1 Å². The van der Waals surface area contributed by atoms with Crippen LogP contribution in [0.4, 0.5) is 0 Å². The molecule has 0 saturated carbocycles. The average Bonchev–Trinajstić information content (AvgIpc) is 2.50. The lowest BCUT2D eigenvalue weighted by molar-refractivity contribution is -0.153. The summed E-state index contributed by atoms with van der Waals surface area (Å²) in [7, 11) is 0. The van der Waals surface area contributed by atoms with Gasteiger partial charge in [-0.1, -0.05) is 23.7 Å². The number of carbonyl (C=O) groups is 1. The zero-order valence-electron chi connectivity index (χ0n) is 12.6. The number of amides is 1. The first-order chi connectivity index (χ1) is 10.6. The summed E-state index contributed by atoms with van der Waals surface area (Å²) in [6, 6.07) is 7.41. The summed E-state index contributed by atoms with van der Waals surface area (Å²) >= 11 is 5.86. The standard InChI is InChI=1S/C17H22ClNO3/c18-14-3-1-13(2-4-14)11-16(21)19-8-6-17(7-9-19)12-15(20)5-10-22-17/h1-4,15,20H,5-12H2. The predicted octanol–water partition coefficient (Wildman–Crippen LogP) is 2.42. The summed E-state index contributed by atoms with van der Waals surface area (Å²) in [5.74, 6) is 0.147. The topological polar surface area (TPSA) is 49.8 Å². The Labute approximate surface area is 136 Å². The van der Waals surface area contributed by atoms with Crippen LogP contribution in [0.1, 0.15) is 31.2 Å². The fraction of sp³-hybridized carbons (Fsp3) is 0.588. The number of benzene rings is 1. The molecule has 2 heterocycles. The van der Waals surface area contributed by atoms with Crippen molar-refractivity contribution in [3.8, 4) is 0 Å². The number of aliphatic hydroxyl groups is 1. The Bertz CT molecular complexity index is 523. The van der Waals surface area contributed by atoms with Gasteiger partial charge in [-0.05, 0) is 37.0 Å². The first-order valence-corrected chi connectivity index (χ1v) is 8.28. The van der Waals surface area contributed by atoms with Gasteiger partial charge in [0.1, 0.15) is 0 Å². The third kappa shape index (κ3) is 3.62. The molecule has 0 radical (unpaired) electrons. The molecule has 1 aromatic carbocycles. The molecule has 2 aliphatic heterocycles. The van der Waals surface area contributed by atoms with E-state index >= 15 is 0 Å². The van der Waals surface area contributed by atoms with Gasteiger partial charge in [0.05, 0.1) is 18.1 Å². The number of hydrogen-bond donors (Lipinski definition) is 1. The lowest BCUT2D eigenvalue weighted by Crippen LogP contribution is -2.51. The van der Waals surface area contributed by atoms with Gasteiger partial charge in [0.15, 0.2) is 0 Å². The molecule has 0 bridgehead atoms. The van der Waals surface area contributed by atoms with Crippen LogP contribution in [0, 0.1) is 0 Å². The lowest BCUT2D eigenvalue weighted by Gasteiger charge is -2.45. The average molecular weight is 324 g/mol. The molecule has 0 aliphatic carbocycles. The highest BCUT2D eigenvalue weighted by Crippen LogP contribution is 2.35. The third-order valence-electron chi connectivity index (χ3n) is 4.76. The van der Waals surface area contributed by atoms with Crippen molar-refractivity contribution >= 4 is 17.5 Å². The smallest absolute Gasteiger partial charge is 0.226 e. The van der Waals surface area contributed by atoms with Crippen LogP contribution in [-0.4, -0.2) is 47.3 Å². The Balaban J connectivity index is 1.54. The zero-order valence-corrected chi connectivity index (χ0v) is 13.4. The van der Waals surface area contributed by atoms with Crippen molar-refractivity contribution in [3.63, 3.8) is 0 Å². The molecule has 4 nitrogen and oxygen atoms in total. The summed E-state index contributed by atoms with van der Waals surface area (Å²) in [5, 5.41) is 10.5. The molecule has 1 aromatic rings. The first kappa shape index (κ1) is 15.8. The second-order valence-corrected chi connectivity index (χ2v) is 6.80. The quantitative estimate of drug-likeness (QED) is 0.909. The van der Waals surface area contributed by atoms with Crippen LogP contribution in [0.2, 0.25) is 5.02 Å². The van der Waals surface area contributed by atoms with Gasteiger partial charge in [0.25, 0.3) is 0 Å². The van der Waals surface area contributed by atoms with Gasteiger partial charge in [-0.15, -0.1) is 0 Å². The molecule has 22 heavy (non-hydrogen) atoms. The maximum atomic E-state index is 12.4. The molecule has 2 fully saturated rings. The molecule has 2 saturated heterocycles. The number of rotatable bonds is 2. The molecule has 1 amide bonds. The number of carbonyl (C=O) groups excluding carboxylic acids is 1. The van der Waals surface area contributed by atoms with Crippen LogP contribution < -0.4 is 0 Å². The number of hydrogen-bond acceptors (Lipinski definition) is 3. The van der Waals surface area contributed by atoms with Crippen molar-refractivity contribution in [2.45, 2.75) is 43.8 Å². The Hall–Kier alpha value is -1.10. The molecule has 5 heteroatoms. The van der Waals surface area contributed by atoms with Crippen molar-refractivity contribution in [1.82, 2.24) is 4.90 Å². The van der Waals surface area contributed by atoms with Crippen molar-refractivity contribution in [2.75, 3.05) is 19.7 Å². The Morgan fingerprint density at radius 2 is 2.00 bits per heavy atom. The zero-order chi connectivity index (χ0) is 15.6. The number of halogens is 1. The summed E-state index contributed by atoms with van der Waals surface area (Å²) in [6.45, 7) is 2.04. The number of likely N-dealkylation sites (tertiary alicyclic amines) is 1. The summed E-state index contributed by atoms with van der Waals surface area (Å²) < 4.78 is 5.92. The van der Waals surface area contributed by atoms with E-state index in [1.807, 2.05) is 29.2 Å². The molecule has 120 valence electrons. The SMILES string of the molecule is O=C(Cc1ccc(Cl)cc1)N1CCC2(CC1)CC(O)CCO2. The monoisotopic (exact) mass is 323 g/mol. The molecule has 0 aromatic heterocycles. The van der Waals surface area contributed by atoms with Crippen molar-refractivity contribution < 1.29 is 14.6 Å². The molecular weight excluding hydrogens is 302 g/mol. The van der Waals surface area contributed by atoms with E-state index in [1.165, 1.54) is 0 Å². The van der Waals surface area contributed by atoms with Crippen LogP contribution in [0.15, 0.2) is 24.3 Å². The maximum Gasteiger partial charge on any atom is 0.226 e. The minimum atomic E-state index is -0.259. The molecule has 1 N–H and O–H groups in total. The third-order valence-corrected chi connectivity index (χ3v) is 5.01. The van der Waals surface area contributed by atoms with Gasteiger partial charge in [-0.25, -0.2) is 0 Å². The van der Waals surface area contributed by atoms with Gasteiger partial charge in [-0.2, -0.15) is 0 Å². The van der Waals surface area contributed by atoms with E-state index in [0.29, 0.717) is 37.6 Å². The van der Waals surface area contributed by atoms with E-state index < -0.39 is 0 Å². The lowest BCUT2D eigenvalue weighted by atomic mass is 9.83. The highest BCUT2D eigenvalue weighted by molar-refractivity contribution is 6.30. The number of aliphatic hydroxyl groups excluding tert-OH is 1. The summed E-state index contributed by atoms with van der Waals surface area (Å²) in [5.41, 5.74) is 0.772. The highest BCUT2D eigenvalue weighted by Gasteiger charge is 2.40. The molecule has 2 aliphatic rings. The van der Waals surface area contributed by atoms with E-state index in [0.717, 1.165) is 24.8 Å². The Kier molecular flexibility index (Phi) is 4.71. The second-order valence-electron chi connectivity index (χ2n) is 6.36.